The summed E-state index contributed by atoms with van der Waals surface area (Å²) < 4.78 is 33.1. The van der Waals surface area contributed by atoms with Gasteiger partial charge in [-0.3, -0.25) is 18.6 Å². The zero-order chi connectivity index (χ0) is 58.7. The number of carbonyl (C=O) groups excluding carboxylic acids is 2. The zero-order valence-corrected chi connectivity index (χ0v) is 53.9. The van der Waals surface area contributed by atoms with E-state index in [0.29, 0.717) is 6.42 Å². The Labute approximate surface area is 501 Å². The van der Waals surface area contributed by atoms with Crippen LogP contribution < -0.4 is 5.73 Å². The Hall–Kier alpha value is -2.55. The first-order valence-corrected chi connectivity index (χ1v) is 35.9. The summed E-state index contributed by atoms with van der Waals surface area (Å²) in [6.45, 7) is 3.65. The molecule has 2 atom stereocenters. The quantitative estimate of drug-likeness (QED) is 0.0264. The first-order valence-electron chi connectivity index (χ1n) is 34.4. The van der Waals surface area contributed by atoms with Crippen molar-refractivity contribution in [3.63, 3.8) is 0 Å². The van der Waals surface area contributed by atoms with E-state index in [1.807, 2.05) is 0 Å². The molecule has 0 aliphatic heterocycles. The van der Waals surface area contributed by atoms with Crippen LogP contribution in [0.3, 0.4) is 0 Å². The standard InChI is InChI=1S/C71H130NO8P/c1-3-5-7-9-11-13-15-17-19-21-23-24-25-26-27-28-29-30-31-32-33-34-35-36-37-38-39-40-41-42-43-44-46-48-50-52-54-56-58-60-62-64-71(74)80-69(68-79-81(75,76)78-66-65-72)67-77-70(73)63-61-59-57-55-53-51-49-47-45-22-20-18-16-14-12-10-8-6-4-2/h5,7,11-14,17-20,23-24,69H,3-4,6,8-10,15-16,21-22,25-68,72H2,1-2H3,(H,75,76)/b7-5-,13-11-,14-12-,19-17-,20-18-,24-23-. The van der Waals surface area contributed by atoms with Gasteiger partial charge in [-0.05, 0) is 83.5 Å². The maximum absolute atomic E-state index is 12.7. The van der Waals surface area contributed by atoms with Gasteiger partial charge in [-0.2, -0.15) is 0 Å². The highest BCUT2D eigenvalue weighted by Gasteiger charge is 2.26. The van der Waals surface area contributed by atoms with Gasteiger partial charge in [0.25, 0.3) is 0 Å². The van der Waals surface area contributed by atoms with Crippen LogP contribution in [-0.4, -0.2) is 49.3 Å². The molecule has 0 aromatic carbocycles. The van der Waals surface area contributed by atoms with Crippen LogP contribution in [0.1, 0.15) is 335 Å². The van der Waals surface area contributed by atoms with Crippen LogP contribution in [0, 0.1) is 0 Å². The lowest BCUT2D eigenvalue weighted by Crippen LogP contribution is -2.29. The van der Waals surface area contributed by atoms with Crippen molar-refractivity contribution in [3.8, 4) is 0 Å². The molecule has 0 amide bonds. The van der Waals surface area contributed by atoms with Gasteiger partial charge in [0.05, 0.1) is 13.2 Å². The van der Waals surface area contributed by atoms with Gasteiger partial charge in [0.1, 0.15) is 6.61 Å². The van der Waals surface area contributed by atoms with Crippen molar-refractivity contribution in [1.29, 1.82) is 0 Å². The van der Waals surface area contributed by atoms with E-state index < -0.39 is 26.5 Å². The lowest BCUT2D eigenvalue weighted by molar-refractivity contribution is -0.161. The summed E-state index contributed by atoms with van der Waals surface area (Å²) in [5.74, 6) is -0.818. The molecule has 10 heteroatoms. The van der Waals surface area contributed by atoms with E-state index in [2.05, 4.69) is 86.8 Å². The molecule has 0 aromatic rings. The van der Waals surface area contributed by atoms with E-state index in [9.17, 15) is 19.0 Å². The Morgan fingerprint density at radius 2 is 0.679 bits per heavy atom. The third-order valence-electron chi connectivity index (χ3n) is 15.1. The van der Waals surface area contributed by atoms with E-state index in [1.165, 1.54) is 238 Å². The maximum Gasteiger partial charge on any atom is 0.472 e. The molecule has 0 fully saturated rings. The minimum absolute atomic E-state index is 0.0532. The first kappa shape index (κ1) is 78.5. The Kier molecular flexibility index (Phi) is 64.5. The largest absolute Gasteiger partial charge is 0.472 e. The Balaban J connectivity index is 3.76. The third kappa shape index (κ3) is 66.5. The molecule has 472 valence electrons. The Morgan fingerprint density at radius 3 is 1.01 bits per heavy atom. The topological polar surface area (TPSA) is 134 Å². The lowest BCUT2D eigenvalue weighted by atomic mass is 10.0. The highest BCUT2D eigenvalue weighted by Crippen LogP contribution is 2.43. The van der Waals surface area contributed by atoms with Gasteiger partial charge >= 0.3 is 19.8 Å². The van der Waals surface area contributed by atoms with E-state index >= 15 is 0 Å². The Morgan fingerprint density at radius 1 is 0.383 bits per heavy atom. The van der Waals surface area contributed by atoms with Crippen molar-refractivity contribution < 1.29 is 37.6 Å². The number of hydrogen-bond acceptors (Lipinski definition) is 8. The van der Waals surface area contributed by atoms with E-state index in [4.69, 9.17) is 24.3 Å². The molecule has 0 aromatic heterocycles. The molecule has 2 unspecified atom stereocenters. The predicted octanol–water partition coefficient (Wildman–Crippen LogP) is 22.4. The van der Waals surface area contributed by atoms with Crippen LogP contribution in [-0.2, 0) is 32.7 Å². The number of nitrogens with two attached hydrogens (primary N) is 1. The maximum atomic E-state index is 12.7. The van der Waals surface area contributed by atoms with Crippen LogP contribution in [0.2, 0.25) is 0 Å². The summed E-state index contributed by atoms with van der Waals surface area (Å²) in [6.07, 6.45) is 87.2. The lowest BCUT2D eigenvalue weighted by Gasteiger charge is -2.19. The number of rotatable bonds is 65. The van der Waals surface area contributed by atoms with E-state index in [-0.39, 0.29) is 38.6 Å². The van der Waals surface area contributed by atoms with Crippen molar-refractivity contribution >= 4 is 19.8 Å². The van der Waals surface area contributed by atoms with Crippen LogP contribution >= 0.6 is 7.82 Å². The molecular weight excluding hydrogens is 1030 g/mol. The van der Waals surface area contributed by atoms with Gasteiger partial charge in [0.15, 0.2) is 6.10 Å². The summed E-state index contributed by atoms with van der Waals surface area (Å²) in [6, 6.07) is 0. The van der Waals surface area contributed by atoms with Gasteiger partial charge in [0.2, 0.25) is 0 Å². The smallest absolute Gasteiger partial charge is 0.462 e. The predicted molar refractivity (Wildman–Crippen MR) is 349 cm³/mol. The van der Waals surface area contributed by atoms with Crippen molar-refractivity contribution in [2.75, 3.05) is 26.4 Å². The number of unbranched alkanes of at least 4 members (excludes halogenated alkanes) is 40. The fourth-order valence-electron chi connectivity index (χ4n) is 10.0. The molecule has 0 heterocycles. The Bertz CT molecular complexity index is 1560. The molecule has 0 aliphatic rings. The molecule has 0 spiro atoms. The highest BCUT2D eigenvalue weighted by molar-refractivity contribution is 7.47. The van der Waals surface area contributed by atoms with Crippen molar-refractivity contribution in [2.24, 2.45) is 5.73 Å². The molecule has 0 saturated heterocycles. The molecule has 0 rings (SSSR count). The van der Waals surface area contributed by atoms with Crippen molar-refractivity contribution in [2.45, 2.75) is 341 Å². The number of phosphoric acid groups is 1. The summed E-state index contributed by atoms with van der Waals surface area (Å²) in [4.78, 5) is 35.3. The molecule has 0 aliphatic carbocycles. The number of allylic oxidation sites excluding steroid dienone is 12. The fraction of sp³-hybridized carbons (Fsp3) is 0.803. The average Bonchev–Trinajstić information content (AvgIpc) is 3.46. The van der Waals surface area contributed by atoms with Crippen LogP contribution in [0.4, 0.5) is 0 Å². The average molecular weight is 1160 g/mol. The monoisotopic (exact) mass is 1160 g/mol. The number of carbonyl (C=O) groups is 2. The molecular formula is C71H130NO8P. The van der Waals surface area contributed by atoms with Gasteiger partial charge < -0.3 is 20.1 Å². The molecule has 81 heavy (non-hydrogen) atoms. The van der Waals surface area contributed by atoms with E-state index in [1.54, 1.807) is 0 Å². The minimum Gasteiger partial charge on any atom is -0.462 e. The number of phosphoric ester groups is 1. The molecule has 3 N–H and O–H groups in total. The van der Waals surface area contributed by atoms with Gasteiger partial charge in [-0.15, -0.1) is 0 Å². The van der Waals surface area contributed by atoms with Crippen molar-refractivity contribution in [1.82, 2.24) is 0 Å². The summed E-state index contributed by atoms with van der Waals surface area (Å²) in [7, 11) is -4.39. The fourth-order valence-corrected chi connectivity index (χ4v) is 10.8. The van der Waals surface area contributed by atoms with Gasteiger partial charge in [-0.1, -0.05) is 311 Å². The zero-order valence-electron chi connectivity index (χ0n) is 53.0. The van der Waals surface area contributed by atoms with E-state index in [0.717, 1.165) is 64.2 Å². The van der Waals surface area contributed by atoms with Crippen LogP contribution in [0.25, 0.3) is 0 Å². The molecule has 0 bridgehead atoms. The molecule has 0 saturated carbocycles. The second-order valence-electron chi connectivity index (χ2n) is 23.0. The second-order valence-corrected chi connectivity index (χ2v) is 24.5. The van der Waals surface area contributed by atoms with Crippen LogP contribution in [0.15, 0.2) is 72.9 Å². The number of esters is 2. The normalized spacial score (nSPS) is 13.4. The SMILES string of the molecule is CC/C=C\C/C=C\C/C=C\C/C=C\CCCCCCCCCCCCCCCCCCCCCCCCCCCCCCC(=O)OC(COC(=O)CCCCCCCCCCC/C=C\C/C=C\CCCCC)COP(=O)(O)OCCN. The third-order valence-corrected chi connectivity index (χ3v) is 16.1. The molecule has 0 radical (unpaired) electrons. The minimum atomic E-state index is -4.39. The number of hydrogen-bond donors (Lipinski definition) is 2. The first-order chi connectivity index (χ1) is 39.8. The number of ether oxygens (including phenoxy) is 2. The van der Waals surface area contributed by atoms with Gasteiger partial charge in [0, 0.05) is 19.4 Å². The van der Waals surface area contributed by atoms with Crippen molar-refractivity contribution in [3.05, 3.63) is 72.9 Å². The molecule has 9 nitrogen and oxygen atoms in total. The second kappa shape index (κ2) is 66.6. The van der Waals surface area contributed by atoms with Gasteiger partial charge in [-0.25, -0.2) is 4.57 Å². The van der Waals surface area contributed by atoms with Crippen LogP contribution in [0.5, 0.6) is 0 Å². The highest BCUT2D eigenvalue weighted by atomic mass is 31.2. The summed E-state index contributed by atoms with van der Waals surface area (Å²) in [5.41, 5.74) is 5.39. The summed E-state index contributed by atoms with van der Waals surface area (Å²) in [5, 5.41) is 0. The summed E-state index contributed by atoms with van der Waals surface area (Å²) >= 11 is 0.